The smallest absolute Gasteiger partial charge is 0.253 e. The lowest BCUT2D eigenvalue weighted by Gasteiger charge is -2.20. The quantitative estimate of drug-likeness (QED) is 0.496. The van der Waals surface area contributed by atoms with Crippen LogP contribution in [0, 0.1) is 11.3 Å². The number of rotatable bonds is 8. The lowest BCUT2D eigenvalue weighted by Crippen LogP contribution is -2.28. The maximum absolute atomic E-state index is 8.55. The van der Waals surface area contributed by atoms with Gasteiger partial charge in [0.25, 0.3) is 8.53 Å². The van der Waals surface area contributed by atoms with Crippen LogP contribution in [0.4, 0.5) is 5.82 Å². The molecule has 1 unspecified atom stereocenters. The zero-order chi connectivity index (χ0) is 18.5. The summed E-state index contributed by atoms with van der Waals surface area (Å²) < 4.78 is 24.2. The van der Waals surface area contributed by atoms with Gasteiger partial charge < -0.3 is 24.3 Å². The molecular weight excluding hydrogens is 361 g/mol. The lowest BCUT2D eigenvalue weighted by molar-refractivity contribution is -0.0486. The van der Waals surface area contributed by atoms with Crippen LogP contribution in [0.25, 0.3) is 11.2 Å². The Kier molecular flexibility index (Phi) is 6.26. The van der Waals surface area contributed by atoms with Crippen LogP contribution in [-0.4, -0.2) is 52.1 Å². The van der Waals surface area contributed by atoms with Crippen molar-refractivity contribution in [3.8, 4) is 6.07 Å². The molecule has 1 aliphatic heterocycles. The van der Waals surface area contributed by atoms with Crippen LogP contribution in [0.15, 0.2) is 12.7 Å². The van der Waals surface area contributed by atoms with Crippen molar-refractivity contribution in [2.75, 3.05) is 26.1 Å². The maximum Gasteiger partial charge on any atom is 0.253 e. The minimum absolute atomic E-state index is 0.229. The first kappa shape index (κ1) is 18.8. The van der Waals surface area contributed by atoms with E-state index in [1.807, 2.05) is 6.07 Å². The fourth-order valence-electron chi connectivity index (χ4n) is 2.72. The van der Waals surface area contributed by atoms with Crippen molar-refractivity contribution < 1.29 is 18.5 Å². The molecule has 1 saturated heterocycles. The number of imidazole rings is 1. The first-order valence-electron chi connectivity index (χ1n) is 7.93. The number of fused-ring (bicyclic) bond motifs is 1. The summed E-state index contributed by atoms with van der Waals surface area (Å²) in [7, 11) is -0.0277. The van der Waals surface area contributed by atoms with Crippen molar-refractivity contribution in [3.63, 3.8) is 0 Å². The van der Waals surface area contributed by atoms with Gasteiger partial charge in [-0.05, 0) is 0 Å². The number of nitrogen functional groups attached to an aromatic ring is 1. The minimum Gasteiger partial charge on any atom is -0.382 e. The highest BCUT2D eigenvalue weighted by Gasteiger charge is 2.39. The molecule has 4 atom stereocenters. The van der Waals surface area contributed by atoms with E-state index in [0.717, 1.165) is 0 Å². The molecule has 12 heteroatoms. The molecule has 26 heavy (non-hydrogen) atoms. The van der Waals surface area contributed by atoms with Gasteiger partial charge in [-0.2, -0.15) is 5.26 Å². The van der Waals surface area contributed by atoms with Crippen molar-refractivity contribution in [2.24, 2.45) is 5.50 Å². The molecule has 11 nitrogen and oxygen atoms in total. The largest absolute Gasteiger partial charge is 0.382 e. The Morgan fingerprint density at radius 3 is 3.08 bits per heavy atom. The Morgan fingerprint density at radius 2 is 2.31 bits per heavy atom. The van der Waals surface area contributed by atoms with Gasteiger partial charge in [0, 0.05) is 13.5 Å². The molecule has 0 spiro atoms. The van der Waals surface area contributed by atoms with Gasteiger partial charge in [-0.25, -0.2) is 15.0 Å². The van der Waals surface area contributed by atoms with Gasteiger partial charge in [0.2, 0.25) is 0 Å². The number of nitriles is 1. The fourth-order valence-corrected chi connectivity index (χ4v) is 3.54. The standard InChI is InChI=1S/C14H20N7O4P/c1-22-6-10-9(25-26(17)23-4-2-3-15)5-11(24-10)21-8-20-12-13(16)18-7-19-14(12)21/h7-11H,2,4-6,17H2,1H3,(H2,16,18,19)/t9-,10+,11+,26?/m0/s1. The van der Waals surface area contributed by atoms with Gasteiger partial charge in [0.05, 0.1) is 38.1 Å². The predicted octanol–water partition coefficient (Wildman–Crippen LogP) is 0.843. The molecule has 0 aromatic carbocycles. The highest BCUT2D eigenvalue weighted by Crippen LogP contribution is 2.40. The highest BCUT2D eigenvalue weighted by molar-refractivity contribution is 7.44. The zero-order valence-electron chi connectivity index (χ0n) is 14.2. The second kappa shape index (κ2) is 8.64. The van der Waals surface area contributed by atoms with Crippen molar-refractivity contribution in [2.45, 2.75) is 31.3 Å². The average Bonchev–Trinajstić information content (AvgIpc) is 3.21. The SMILES string of the molecule is COC[C@H]1O[C@@H](n2cnc3c(N)ncnc32)C[C@@H]1OP(N)OCCC#N. The van der Waals surface area contributed by atoms with E-state index in [4.69, 9.17) is 35.0 Å². The van der Waals surface area contributed by atoms with Gasteiger partial charge in [-0.1, -0.05) is 0 Å². The molecule has 3 heterocycles. The van der Waals surface area contributed by atoms with E-state index in [1.165, 1.54) is 6.33 Å². The number of hydrogen-bond acceptors (Lipinski definition) is 10. The Hall–Kier alpha value is -1.93. The number of ether oxygens (including phenoxy) is 2. The van der Waals surface area contributed by atoms with E-state index in [1.54, 1.807) is 18.0 Å². The first-order chi connectivity index (χ1) is 12.6. The van der Waals surface area contributed by atoms with Gasteiger partial charge >= 0.3 is 0 Å². The Morgan fingerprint density at radius 1 is 1.46 bits per heavy atom. The van der Waals surface area contributed by atoms with Crippen LogP contribution >= 0.6 is 8.53 Å². The third-order valence-electron chi connectivity index (χ3n) is 3.88. The van der Waals surface area contributed by atoms with Crippen LogP contribution in [0.3, 0.4) is 0 Å². The topological polar surface area (TPSA) is 156 Å². The van der Waals surface area contributed by atoms with Gasteiger partial charge in [0.1, 0.15) is 24.2 Å². The second-order valence-corrected chi connectivity index (χ2v) is 6.61. The van der Waals surface area contributed by atoms with E-state index in [2.05, 4.69) is 15.0 Å². The van der Waals surface area contributed by atoms with E-state index >= 15 is 0 Å². The van der Waals surface area contributed by atoms with Crippen molar-refractivity contribution in [3.05, 3.63) is 12.7 Å². The van der Waals surface area contributed by atoms with Crippen molar-refractivity contribution in [1.82, 2.24) is 19.5 Å². The summed E-state index contributed by atoms with van der Waals surface area (Å²) in [5.41, 5.74) is 12.8. The number of nitrogens with zero attached hydrogens (tertiary/aromatic N) is 5. The van der Waals surface area contributed by atoms with Gasteiger partial charge in [0.15, 0.2) is 11.5 Å². The lowest BCUT2D eigenvalue weighted by atomic mass is 10.2. The zero-order valence-corrected chi connectivity index (χ0v) is 15.1. The van der Waals surface area contributed by atoms with Crippen molar-refractivity contribution in [1.29, 1.82) is 5.26 Å². The van der Waals surface area contributed by atoms with Crippen LogP contribution in [0.5, 0.6) is 0 Å². The van der Waals surface area contributed by atoms with Crippen LogP contribution in [0.2, 0.25) is 0 Å². The molecule has 2 aromatic heterocycles. The second-order valence-electron chi connectivity index (χ2n) is 5.57. The normalized spacial score (nSPS) is 24.0. The predicted molar refractivity (Wildman–Crippen MR) is 92.3 cm³/mol. The molecule has 4 N–H and O–H groups in total. The third-order valence-corrected chi connectivity index (χ3v) is 4.80. The number of methoxy groups -OCH3 is 1. The molecule has 1 aliphatic rings. The monoisotopic (exact) mass is 381 g/mol. The van der Waals surface area contributed by atoms with Crippen molar-refractivity contribution >= 4 is 25.5 Å². The van der Waals surface area contributed by atoms with E-state index < -0.39 is 8.53 Å². The summed E-state index contributed by atoms with van der Waals surface area (Å²) >= 11 is 0. The molecule has 3 rings (SSSR count). The average molecular weight is 381 g/mol. The molecule has 0 amide bonds. The van der Waals surface area contributed by atoms with Crippen LogP contribution in [-0.2, 0) is 18.5 Å². The molecule has 1 fully saturated rings. The molecule has 0 aliphatic carbocycles. The summed E-state index contributed by atoms with van der Waals surface area (Å²) in [6.07, 6.45) is 2.76. The van der Waals surface area contributed by atoms with E-state index in [9.17, 15) is 0 Å². The first-order valence-corrected chi connectivity index (χ1v) is 9.17. The number of nitrogens with two attached hydrogens (primary N) is 2. The Balaban J connectivity index is 1.72. The highest BCUT2D eigenvalue weighted by atomic mass is 31.2. The minimum atomic E-state index is -1.61. The molecule has 0 saturated carbocycles. The number of hydrogen-bond donors (Lipinski definition) is 2. The number of aromatic nitrogens is 4. The fraction of sp³-hybridized carbons (Fsp3) is 0.571. The summed E-state index contributed by atoms with van der Waals surface area (Å²) in [5, 5.41) is 8.55. The summed E-state index contributed by atoms with van der Waals surface area (Å²) in [6.45, 7) is 0.569. The molecule has 0 bridgehead atoms. The van der Waals surface area contributed by atoms with Crippen LogP contribution < -0.4 is 11.2 Å². The number of anilines is 1. The summed E-state index contributed by atoms with van der Waals surface area (Å²) in [4.78, 5) is 12.4. The third kappa shape index (κ3) is 4.07. The molecule has 2 aromatic rings. The van der Waals surface area contributed by atoms with Gasteiger partial charge in [-0.3, -0.25) is 10.1 Å². The molecular formula is C14H20N7O4P. The van der Waals surface area contributed by atoms with Gasteiger partial charge in [-0.15, -0.1) is 0 Å². The van der Waals surface area contributed by atoms with E-state index in [-0.39, 0.29) is 31.5 Å². The molecule has 140 valence electrons. The Labute approximate surface area is 151 Å². The summed E-state index contributed by atoms with van der Waals surface area (Å²) in [5.74, 6) is 0.310. The summed E-state index contributed by atoms with van der Waals surface area (Å²) in [6, 6.07) is 1.99. The molecule has 0 radical (unpaired) electrons. The van der Waals surface area contributed by atoms with E-state index in [0.29, 0.717) is 30.0 Å². The van der Waals surface area contributed by atoms with Crippen LogP contribution in [0.1, 0.15) is 19.1 Å². The Bertz CT molecular complexity index is 782. The maximum atomic E-state index is 8.55.